The Bertz CT molecular complexity index is 949. The molecule has 1 fully saturated rings. The van der Waals surface area contributed by atoms with E-state index in [1.807, 2.05) is 18.2 Å². The van der Waals surface area contributed by atoms with E-state index in [1.54, 1.807) is 6.07 Å². The van der Waals surface area contributed by atoms with E-state index >= 15 is 4.39 Å². The van der Waals surface area contributed by atoms with Crippen LogP contribution in [0.25, 0.3) is 21.9 Å². The Morgan fingerprint density at radius 3 is 2.19 bits per heavy atom. The smallest absolute Gasteiger partial charge is 0.138 e. The molecule has 0 radical (unpaired) electrons. The summed E-state index contributed by atoms with van der Waals surface area (Å²) in [4.78, 5) is 0. The second-order valence-corrected chi connectivity index (χ2v) is 7.69. The summed E-state index contributed by atoms with van der Waals surface area (Å²) in [7, 11) is 0. The molecule has 3 heteroatoms. The summed E-state index contributed by atoms with van der Waals surface area (Å²) in [5.41, 5.74) is 1.70. The van der Waals surface area contributed by atoms with Gasteiger partial charge in [0.25, 0.3) is 0 Å². The molecule has 3 aromatic rings. The van der Waals surface area contributed by atoms with Gasteiger partial charge in [0.1, 0.15) is 17.5 Å². The topological polar surface area (TPSA) is 0 Å². The zero-order valence-corrected chi connectivity index (χ0v) is 15.4. The van der Waals surface area contributed by atoms with E-state index in [2.05, 4.69) is 13.0 Å². The molecule has 1 aliphatic carbocycles. The third-order valence-corrected chi connectivity index (χ3v) is 6.05. The Kier molecular flexibility index (Phi) is 4.94. The summed E-state index contributed by atoms with van der Waals surface area (Å²) in [6.45, 7) is 2.26. The lowest BCUT2D eigenvalue weighted by Crippen LogP contribution is -2.12. The van der Waals surface area contributed by atoms with Crippen LogP contribution < -0.4 is 0 Å². The first-order valence-electron chi connectivity index (χ1n) is 9.73. The lowest BCUT2D eigenvalue weighted by Gasteiger charge is -2.28. The lowest BCUT2D eigenvalue weighted by atomic mass is 9.77. The molecule has 0 aliphatic heterocycles. The van der Waals surface area contributed by atoms with Crippen molar-refractivity contribution in [2.45, 2.75) is 44.9 Å². The monoisotopic (exact) mass is 368 g/mol. The maximum Gasteiger partial charge on any atom is 0.138 e. The molecule has 0 aromatic heterocycles. The van der Waals surface area contributed by atoms with Crippen molar-refractivity contribution in [1.82, 2.24) is 0 Å². The Labute approximate surface area is 158 Å². The van der Waals surface area contributed by atoms with Gasteiger partial charge in [-0.2, -0.15) is 0 Å². The van der Waals surface area contributed by atoms with E-state index in [4.69, 9.17) is 0 Å². The molecule has 0 nitrogen and oxygen atoms in total. The lowest BCUT2D eigenvalue weighted by molar-refractivity contribution is 0.319. The number of fused-ring (bicyclic) bond motifs is 1. The van der Waals surface area contributed by atoms with Gasteiger partial charge in [-0.25, -0.2) is 13.2 Å². The molecule has 0 atom stereocenters. The Balaban J connectivity index is 1.68. The molecule has 0 saturated heterocycles. The Hall–Kier alpha value is -2.29. The van der Waals surface area contributed by atoms with Gasteiger partial charge in [-0.3, -0.25) is 0 Å². The average Bonchev–Trinajstić information content (AvgIpc) is 2.67. The second-order valence-electron chi connectivity index (χ2n) is 7.69. The van der Waals surface area contributed by atoms with Gasteiger partial charge in [0.2, 0.25) is 0 Å². The fourth-order valence-electron chi connectivity index (χ4n) is 4.40. The molecule has 0 heterocycles. The van der Waals surface area contributed by atoms with Crippen LogP contribution >= 0.6 is 0 Å². The molecule has 0 bridgehead atoms. The van der Waals surface area contributed by atoms with Gasteiger partial charge in [0.15, 0.2) is 0 Å². The van der Waals surface area contributed by atoms with Crippen molar-refractivity contribution in [3.05, 3.63) is 71.5 Å². The molecule has 3 aromatic carbocycles. The fraction of sp³-hybridized carbons (Fsp3) is 0.333. The molecule has 0 spiro atoms. The van der Waals surface area contributed by atoms with Crippen LogP contribution in [0.2, 0.25) is 0 Å². The summed E-state index contributed by atoms with van der Waals surface area (Å²) in [6.07, 6.45) is 6.15. The summed E-state index contributed by atoms with van der Waals surface area (Å²) in [5, 5.41) is 1.33. The first kappa shape index (κ1) is 18.1. The second kappa shape index (κ2) is 7.38. The van der Waals surface area contributed by atoms with Crippen LogP contribution in [0.1, 0.15) is 50.5 Å². The first-order valence-corrected chi connectivity index (χ1v) is 9.73. The van der Waals surface area contributed by atoms with Crippen LogP contribution in [0.4, 0.5) is 13.2 Å². The molecule has 0 amide bonds. The Morgan fingerprint density at radius 2 is 1.52 bits per heavy atom. The standard InChI is InChI=1S/C24H23F3/c1-2-15-3-5-16(6-4-15)17-7-9-22-18(11-17)8-10-23(24(22)27)19-12-20(25)14-21(26)13-19/h7-16H,2-6H2,1H3. The fourth-order valence-corrected chi connectivity index (χ4v) is 4.40. The highest BCUT2D eigenvalue weighted by molar-refractivity contribution is 5.89. The number of halogens is 3. The van der Waals surface area contributed by atoms with Crippen molar-refractivity contribution in [2.24, 2.45) is 5.92 Å². The third kappa shape index (κ3) is 3.60. The van der Waals surface area contributed by atoms with Crippen molar-refractivity contribution in [3.63, 3.8) is 0 Å². The molecule has 1 saturated carbocycles. The van der Waals surface area contributed by atoms with E-state index in [0.717, 1.165) is 29.5 Å². The van der Waals surface area contributed by atoms with Crippen LogP contribution in [-0.2, 0) is 0 Å². The number of rotatable bonds is 3. The van der Waals surface area contributed by atoms with Gasteiger partial charge in [-0.1, -0.05) is 43.7 Å². The highest BCUT2D eigenvalue weighted by atomic mass is 19.1. The predicted octanol–water partition coefficient (Wildman–Crippen LogP) is 7.61. The van der Waals surface area contributed by atoms with Crippen molar-refractivity contribution in [1.29, 1.82) is 0 Å². The molecule has 1 aliphatic rings. The summed E-state index contributed by atoms with van der Waals surface area (Å²) >= 11 is 0. The van der Waals surface area contributed by atoms with Crippen LogP contribution in [0.3, 0.4) is 0 Å². The zero-order valence-electron chi connectivity index (χ0n) is 15.4. The highest BCUT2D eigenvalue weighted by Crippen LogP contribution is 2.38. The first-order chi connectivity index (χ1) is 13.0. The largest absolute Gasteiger partial charge is 0.207 e. The van der Waals surface area contributed by atoms with Crippen LogP contribution in [0, 0.1) is 23.4 Å². The van der Waals surface area contributed by atoms with E-state index < -0.39 is 17.5 Å². The molecule has 27 heavy (non-hydrogen) atoms. The van der Waals surface area contributed by atoms with E-state index in [0.29, 0.717) is 11.3 Å². The summed E-state index contributed by atoms with van der Waals surface area (Å²) in [6, 6.07) is 12.5. The van der Waals surface area contributed by atoms with E-state index in [9.17, 15) is 8.78 Å². The van der Waals surface area contributed by atoms with Crippen molar-refractivity contribution < 1.29 is 13.2 Å². The van der Waals surface area contributed by atoms with Crippen molar-refractivity contribution in [2.75, 3.05) is 0 Å². The summed E-state index contributed by atoms with van der Waals surface area (Å²) in [5.74, 6) is -0.463. The normalized spacial score (nSPS) is 20.1. The van der Waals surface area contributed by atoms with Gasteiger partial charge in [-0.15, -0.1) is 0 Å². The molecular formula is C24H23F3. The van der Waals surface area contributed by atoms with Gasteiger partial charge in [0.05, 0.1) is 0 Å². The van der Waals surface area contributed by atoms with Crippen LogP contribution in [-0.4, -0.2) is 0 Å². The molecule has 0 unspecified atom stereocenters. The SMILES string of the molecule is CCC1CCC(c2ccc3c(F)c(-c4cc(F)cc(F)c4)ccc3c2)CC1. The quantitative estimate of drug-likeness (QED) is 0.446. The van der Waals surface area contributed by atoms with E-state index in [1.165, 1.54) is 37.7 Å². The highest BCUT2D eigenvalue weighted by Gasteiger charge is 2.22. The number of benzene rings is 3. The molecule has 0 N–H and O–H groups in total. The zero-order chi connectivity index (χ0) is 19.0. The minimum Gasteiger partial charge on any atom is -0.207 e. The maximum absolute atomic E-state index is 15.0. The van der Waals surface area contributed by atoms with Crippen molar-refractivity contribution in [3.8, 4) is 11.1 Å². The van der Waals surface area contributed by atoms with Crippen LogP contribution in [0.5, 0.6) is 0 Å². The maximum atomic E-state index is 15.0. The Morgan fingerprint density at radius 1 is 0.815 bits per heavy atom. The average molecular weight is 368 g/mol. The van der Waals surface area contributed by atoms with Gasteiger partial charge < -0.3 is 0 Å². The van der Waals surface area contributed by atoms with Gasteiger partial charge >= 0.3 is 0 Å². The predicted molar refractivity (Wildman–Crippen MR) is 104 cm³/mol. The van der Waals surface area contributed by atoms with Gasteiger partial charge in [0, 0.05) is 17.0 Å². The molecule has 4 rings (SSSR count). The number of hydrogen-bond acceptors (Lipinski definition) is 0. The molecular weight excluding hydrogens is 345 g/mol. The van der Waals surface area contributed by atoms with Crippen molar-refractivity contribution >= 4 is 10.8 Å². The molecule has 140 valence electrons. The minimum atomic E-state index is -0.706. The van der Waals surface area contributed by atoms with E-state index in [-0.39, 0.29) is 11.1 Å². The van der Waals surface area contributed by atoms with Crippen LogP contribution in [0.15, 0.2) is 48.5 Å². The van der Waals surface area contributed by atoms with Gasteiger partial charge in [-0.05, 0) is 66.2 Å². The third-order valence-electron chi connectivity index (χ3n) is 6.05. The minimum absolute atomic E-state index is 0.217. The summed E-state index contributed by atoms with van der Waals surface area (Å²) < 4.78 is 42.1. The number of hydrogen-bond donors (Lipinski definition) is 0.